The van der Waals surface area contributed by atoms with Crippen LogP contribution in [0.3, 0.4) is 0 Å². The summed E-state index contributed by atoms with van der Waals surface area (Å²) in [5.74, 6) is -0.000137. The van der Waals surface area contributed by atoms with Gasteiger partial charge in [-0.3, -0.25) is 4.79 Å². The number of pyridine rings is 2. The molecule has 0 amide bonds. The van der Waals surface area contributed by atoms with Crippen LogP contribution in [0.2, 0.25) is 0 Å². The molecule has 0 aliphatic heterocycles. The smallest absolute Gasteiger partial charge is 0.292 e. The minimum absolute atomic E-state index is 0.000137. The van der Waals surface area contributed by atoms with Crippen LogP contribution < -0.4 is 13.8 Å². The number of hydrogen-bond donors (Lipinski definition) is 3. The van der Waals surface area contributed by atoms with Crippen molar-refractivity contribution in [1.29, 1.82) is 0 Å². The van der Waals surface area contributed by atoms with Crippen LogP contribution in [0.1, 0.15) is 22.3 Å². The molecule has 2 rings (SSSR count). The van der Waals surface area contributed by atoms with Crippen LogP contribution in [0.5, 0.6) is 0 Å². The fourth-order valence-corrected chi connectivity index (χ4v) is 2.83. The largest absolute Gasteiger partial charge is 0.411 e. The summed E-state index contributed by atoms with van der Waals surface area (Å²) in [7, 11) is 0. The standard InChI is InChI=1S/C24H26N6O6/c31-16-22-5-11-30(12-6-22)20-36-18-24(2-8-25-7-1-23(14-27-33)15-28-34)17-35-19-29-9-3-21(4-10-29)13-26-32/h1,3-16,24H,2,17-20H2/p+3. The van der Waals surface area contributed by atoms with Crippen molar-refractivity contribution in [2.45, 2.75) is 19.9 Å². The Morgan fingerprint density at radius 2 is 1.44 bits per heavy atom. The van der Waals surface area contributed by atoms with E-state index in [-0.39, 0.29) is 5.92 Å². The van der Waals surface area contributed by atoms with Gasteiger partial charge in [-0.1, -0.05) is 15.5 Å². The van der Waals surface area contributed by atoms with E-state index in [0.717, 1.165) is 24.3 Å². The van der Waals surface area contributed by atoms with Gasteiger partial charge in [0.25, 0.3) is 25.9 Å². The van der Waals surface area contributed by atoms with Crippen molar-refractivity contribution in [1.82, 2.24) is 4.67 Å². The van der Waals surface area contributed by atoms with E-state index in [4.69, 9.17) is 25.1 Å². The molecule has 1 unspecified atom stereocenters. The third-order valence-electron chi connectivity index (χ3n) is 4.68. The molecule has 0 aromatic carbocycles. The Kier molecular flexibility index (Phi) is 13.1. The lowest BCUT2D eigenvalue weighted by Crippen LogP contribution is -2.36. The number of hydrogen-bond acceptors (Lipinski definition) is 9. The Morgan fingerprint density at radius 1 is 0.889 bits per heavy atom. The first kappa shape index (κ1) is 27.7. The Morgan fingerprint density at radius 3 is 1.94 bits per heavy atom. The maximum atomic E-state index is 10.8. The van der Waals surface area contributed by atoms with Crippen molar-refractivity contribution in [2.24, 2.45) is 21.4 Å². The second-order valence-corrected chi connectivity index (χ2v) is 7.39. The highest BCUT2D eigenvalue weighted by atomic mass is 16.5. The molecule has 12 nitrogen and oxygen atoms in total. The molecule has 12 heteroatoms. The minimum atomic E-state index is -0.000137. The van der Waals surface area contributed by atoms with Gasteiger partial charge in [0.1, 0.15) is 0 Å². The highest BCUT2D eigenvalue weighted by molar-refractivity contribution is 6.06. The predicted octanol–water partition coefficient (Wildman–Crippen LogP) is 0.592. The van der Waals surface area contributed by atoms with E-state index in [9.17, 15) is 4.79 Å². The van der Waals surface area contributed by atoms with Gasteiger partial charge in [0, 0.05) is 53.0 Å². The molecule has 0 bridgehead atoms. The van der Waals surface area contributed by atoms with E-state index in [1.807, 2.05) is 21.5 Å². The van der Waals surface area contributed by atoms with E-state index < -0.39 is 0 Å². The van der Waals surface area contributed by atoms with Crippen molar-refractivity contribution in [2.75, 3.05) is 13.2 Å². The maximum absolute atomic E-state index is 10.8. The molecule has 1 atom stereocenters. The Hall–Kier alpha value is -4.51. The molecular weight excluding hydrogens is 468 g/mol. The number of aldehydes is 1. The summed E-state index contributed by atoms with van der Waals surface area (Å²) in [6.07, 6.45) is 16.8. The zero-order chi connectivity index (χ0) is 25.8. The molecular formula is C24H29N6O6+3. The highest BCUT2D eigenvalue weighted by Gasteiger charge is 2.13. The molecule has 2 heterocycles. The molecule has 2 aromatic heterocycles. The molecule has 0 fully saturated rings. The fourth-order valence-electron chi connectivity index (χ4n) is 2.83. The van der Waals surface area contributed by atoms with Crippen LogP contribution >= 0.6 is 0 Å². The van der Waals surface area contributed by atoms with Gasteiger partial charge in [-0.15, -0.1) is 4.67 Å². The van der Waals surface area contributed by atoms with Gasteiger partial charge in [0.15, 0.2) is 31.1 Å². The maximum Gasteiger partial charge on any atom is 0.292 e. The molecule has 0 radical (unpaired) electrons. The van der Waals surface area contributed by atoms with Crippen LogP contribution in [0.15, 0.2) is 76.2 Å². The summed E-state index contributed by atoms with van der Waals surface area (Å²) in [6, 6.07) is 7.01. The Labute approximate surface area is 207 Å². The van der Waals surface area contributed by atoms with Gasteiger partial charge < -0.3 is 25.1 Å². The number of carbonyl (C=O) groups excluding carboxylic acids is 1. The minimum Gasteiger partial charge on any atom is -0.411 e. The predicted molar refractivity (Wildman–Crippen MR) is 131 cm³/mol. The molecule has 3 N–H and O–H groups in total. The topological polar surface area (TPSA) is 155 Å². The quantitative estimate of drug-likeness (QED) is 0.0817. The third kappa shape index (κ3) is 11.1. The zero-order valence-electron chi connectivity index (χ0n) is 19.5. The monoisotopic (exact) mass is 497 g/mol. The van der Waals surface area contributed by atoms with Crippen molar-refractivity contribution in [3.8, 4) is 0 Å². The highest BCUT2D eigenvalue weighted by Crippen LogP contribution is 2.03. The molecule has 0 saturated carbocycles. The molecule has 0 aliphatic rings. The number of carbonyl (C=O) groups is 1. The summed E-state index contributed by atoms with van der Waals surface area (Å²) < 4.78 is 19.5. The van der Waals surface area contributed by atoms with E-state index in [1.54, 1.807) is 42.9 Å². The van der Waals surface area contributed by atoms with Gasteiger partial charge in [-0.25, -0.2) is 0 Å². The Balaban J connectivity index is 1.95. The van der Waals surface area contributed by atoms with E-state index in [0.29, 0.717) is 44.2 Å². The van der Waals surface area contributed by atoms with Crippen molar-refractivity contribution >= 4 is 37.4 Å². The molecule has 36 heavy (non-hydrogen) atoms. The van der Waals surface area contributed by atoms with E-state index >= 15 is 0 Å². The van der Waals surface area contributed by atoms with Gasteiger partial charge in [-0.2, -0.15) is 9.13 Å². The van der Waals surface area contributed by atoms with Gasteiger partial charge in [-0.05, 0) is 0 Å². The van der Waals surface area contributed by atoms with Crippen molar-refractivity contribution < 1.29 is 39.0 Å². The third-order valence-corrected chi connectivity index (χ3v) is 4.68. The van der Waals surface area contributed by atoms with Gasteiger partial charge in [0.05, 0.1) is 38.3 Å². The second-order valence-electron chi connectivity index (χ2n) is 7.39. The number of aromatic nitrogens is 2. The van der Waals surface area contributed by atoms with Gasteiger partial charge >= 0.3 is 0 Å². The lowest BCUT2D eigenvalue weighted by Gasteiger charge is -2.12. The van der Waals surface area contributed by atoms with Crippen LogP contribution in [0.4, 0.5) is 0 Å². The molecule has 2 aromatic rings. The normalized spacial score (nSPS) is 12.0. The average Bonchev–Trinajstić information content (AvgIpc) is 2.90. The number of ether oxygens (including phenoxy) is 2. The molecule has 188 valence electrons. The zero-order valence-corrected chi connectivity index (χ0v) is 19.5. The summed E-state index contributed by atoms with van der Waals surface area (Å²) in [5.41, 5.74) is 1.71. The number of allylic oxidation sites excluding steroid dienone is 2. The molecule has 0 saturated heterocycles. The average molecular weight is 498 g/mol. The Bertz CT molecular complexity index is 1090. The second kappa shape index (κ2) is 17.0. The number of nitrogens with zero attached hydrogens (tertiary/aromatic N) is 6. The first-order valence-electron chi connectivity index (χ1n) is 10.8. The lowest BCUT2D eigenvalue weighted by atomic mass is 10.1. The molecule has 0 aliphatic carbocycles. The van der Waals surface area contributed by atoms with Crippen LogP contribution in [-0.4, -0.2) is 66.2 Å². The molecule has 0 spiro atoms. The number of rotatable bonds is 15. The fraction of sp³-hybridized carbons (Fsp3) is 0.250. The van der Waals surface area contributed by atoms with Crippen LogP contribution in [-0.2, 0) is 22.9 Å². The van der Waals surface area contributed by atoms with Gasteiger partial charge in [0.2, 0.25) is 0 Å². The van der Waals surface area contributed by atoms with Crippen molar-refractivity contribution in [3.05, 3.63) is 71.8 Å². The SMILES string of the molecule is O=Cc1cc[n+](COCC(CC=[N+]=CC=C(/C=N/O)/C=N/O)COC[n+]2ccc(/C=N/O)cc2)cc1. The summed E-state index contributed by atoms with van der Waals surface area (Å²) in [5, 5.41) is 34.6. The van der Waals surface area contributed by atoms with E-state index in [1.165, 1.54) is 18.5 Å². The van der Waals surface area contributed by atoms with E-state index in [2.05, 4.69) is 20.1 Å². The summed E-state index contributed by atoms with van der Waals surface area (Å²) in [4.78, 5) is 10.8. The summed E-state index contributed by atoms with van der Waals surface area (Å²) >= 11 is 0. The lowest BCUT2D eigenvalue weighted by molar-refractivity contribution is -0.734. The van der Waals surface area contributed by atoms with Crippen molar-refractivity contribution in [3.63, 3.8) is 0 Å². The first-order chi connectivity index (χ1) is 17.7. The first-order valence-corrected chi connectivity index (χ1v) is 10.8. The van der Waals surface area contributed by atoms with Crippen LogP contribution in [0.25, 0.3) is 0 Å². The number of oxime groups is 3. The summed E-state index contributed by atoms with van der Waals surface area (Å²) in [6.45, 7) is 1.45. The van der Waals surface area contributed by atoms with Crippen LogP contribution in [0, 0.1) is 5.92 Å².